The van der Waals surface area contributed by atoms with Crippen molar-refractivity contribution in [3.8, 4) is 0 Å². The van der Waals surface area contributed by atoms with Crippen LogP contribution < -0.4 is 10.6 Å². The van der Waals surface area contributed by atoms with Crippen molar-refractivity contribution in [3.63, 3.8) is 0 Å². The first-order valence-corrected chi connectivity index (χ1v) is 5.04. The highest BCUT2D eigenvalue weighted by molar-refractivity contribution is 5.74. The molecule has 13 heavy (non-hydrogen) atoms. The van der Waals surface area contributed by atoms with E-state index in [1.807, 2.05) is 13.8 Å². The molecular weight excluding hydrogens is 166 g/mol. The summed E-state index contributed by atoms with van der Waals surface area (Å²) in [6, 6.07) is 0.395. The van der Waals surface area contributed by atoms with Gasteiger partial charge in [-0.05, 0) is 26.8 Å². The largest absolute Gasteiger partial charge is 0.334 e. The first kappa shape index (κ1) is 10.3. The number of amides is 2. The molecule has 2 amide bonds. The maximum atomic E-state index is 11.5. The average molecular weight is 185 g/mol. The van der Waals surface area contributed by atoms with Gasteiger partial charge in [-0.2, -0.15) is 0 Å². The molecule has 1 rings (SSSR count). The minimum absolute atomic E-state index is 0.0682. The van der Waals surface area contributed by atoms with Crippen molar-refractivity contribution < 1.29 is 4.79 Å². The van der Waals surface area contributed by atoms with E-state index in [1.165, 1.54) is 0 Å². The van der Waals surface area contributed by atoms with Crippen molar-refractivity contribution in [3.05, 3.63) is 0 Å². The van der Waals surface area contributed by atoms with E-state index in [0.717, 1.165) is 32.6 Å². The topological polar surface area (TPSA) is 44.4 Å². The summed E-state index contributed by atoms with van der Waals surface area (Å²) in [5, 5.41) is 6.22. The highest BCUT2D eigenvalue weighted by atomic mass is 16.2. The van der Waals surface area contributed by atoms with Gasteiger partial charge in [0, 0.05) is 25.7 Å². The molecule has 2 N–H and O–H groups in total. The molecule has 0 aromatic carbocycles. The molecule has 1 saturated heterocycles. The maximum absolute atomic E-state index is 11.5. The van der Waals surface area contributed by atoms with Crippen LogP contribution in [0.4, 0.5) is 4.79 Å². The monoisotopic (exact) mass is 185 g/mol. The lowest BCUT2D eigenvalue weighted by atomic mass is 10.3. The number of hydrogen-bond donors (Lipinski definition) is 2. The molecule has 0 aromatic heterocycles. The molecule has 1 aliphatic rings. The SMILES string of the molecule is CCN(CC)C(=O)N[C@@H]1CCNC1. The van der Waals surface area contributed by atoms with E-state index in [1.54, 1.807) is 4.90 Å². The zero-order valence-corrected chi connectivity index (χ0v) is 8.47. The van der Waals surface area contributed by atoms with Crippen molar-refractivity contribution in [1.82, 2.24) is 15.5 Å². The van der Waals surface area contributed by atoms with Gasteiger partial charge in [0.25, 0.3) is 0 Å². The first-order chi connectivity index (χ1) is 6.27. The van der Waals surface area contributed by atoms with E-state index in [2.05, 4.69) is 10.6 Å². The fourth-order valence-electron chi connectivity index (χ4n) is 1.55. The summed E-state index contributed by atoms with van der Waals surface area (Å²) in [5.41, 5.74) is 0. The summed E-state index contributed by atoms with van der Waals surface area (Å²) in [6.07, 6.45) is 1.05. The molecule has 0 bridgehead atoms. The fourth-order valence-corrected chi connectivity index (χ4v) is 1.55. The van der Waals surface area contributed by atoms with Crippen LogP contribution in [0.3, 0.4) is 0 Å². The molecule has 1 atom stereocenters. The third-order valence-corrected chi connectivity index (χ3v) is 2.44. The zero-order chi connectivity index (χ0) is 9.68. The molecule has 1 aliphatic heterocycles. The summed E-state index contributed by atoms with van der Waals surface area (Å²) in [7, 11) is 0. The molecule has 0 aromatic rings. The molecule has 0 saturated carbocycles. The molecule has 0 unspecified atom stereocenters. The van der Waals surface area contributed by atoms with Crippen LogP contribution >= 0.6 is 0 Å². The van der Waals surface area contributed by atoms with E-state index >= 15 is 0 Å². The highest BCUT2D eigenvalue weighted by Gasteiger charge is 2.18. The van der Waals surface area contributed by atoms with Gasteiger partial charge >= 0.3 is 6.03 Å². The summed E-state index contributed by atoms with van der Waals surface area (Å²) in [4.78, 5) is 13.4. The minimum Gasteiger partial charge on any atom is -0.334 e. The average Bonchev–Trinajstić information content (AvgIpc) is 2.59. The second-order valence-corrected chi connectivity index (χ2v) is 3.31. The van der Waals surface area contributed by atoms with E-state index in [4.69, 9.17) is 0 Å². The quantitative estimate of drug-likeness (QED) is 0.668. The lowest BCUT2D eigenvalue weighted by Crippen LogP contribution is -2.45. The van der Waals surface area contributed by atoms with Crippen molar-refractivity contribution >= 4 is 6.03 Å². The predicted octanol–water partition coefficient (Wildman–Crippen LogP) is 0.400. The predicted molar refractivity (Wildman–Crippen MR) is 52.7 cm³/mol. The van der Waals surface area contributed by atoms with Crippen LogP contribution in [0.25, 0.3) is 0 Å². The van der Waals surface area contributed by atoms with Crippen LogP contribution in [0, 0.1) is 0 Å². The molecule has 0 aliphatic carbocycles. The number of nitrogens with one attached hydrogen (secondary N) is 2. The van der Waals surface area contributed by atoms with Gasteiger partial charge in [-0.15, -0.1) is 0 Å². The Morgan fingerprint density at radius 2 is 2.23 bits per heavy atom. The smallest absolute Gasteiger partial charge is 0.317 e. The van der Waals surface area contributed by atoms with E-state index in [-0.39, 0.29) is 6.03 Å². The van der Waals surface area contributed by atoms with Gasteiger partial charge in [0.2, 0.25) is 0 Å². The van der Waals surface area contributed by atoms with Gasteiger partial charge in [-0.25, -0.2) is 4.79 Å². The van der Waals surface area contributed by atoms with Crippen LogP contribution in [-0.4, -0.2) is 43.2 Å². The number of hydrogen-bond acceptors (Lipinski definition) is 2. The van der Waals surface area contributed by atoms with Gasteiger partial charge in [0.1, 0.15) is 0 Å². The van der Waals surface area contributed by atoms with E-state index < -0.39 is 0 Å². The third-order valence-electron chi connectivity index (χ3n) is 2.44. The number of nitrogens with zero attached hydrogens (tertiary/aromatic N) is 1. The van der Waals surface area contributed by atoms with E-state index in [9.17, 15) is 4.79 Å². The second kappa shape index (κ2) is 5.07. The summed E-state index contributed by atoms with van der Waals surface area (Å²) >= 11 is 0. The fraction of sp³-hybridized carbons (Fsp3) is 0.889. The zero-order valence-electron chi connectivity index (χ0n) is 8.47. The lowest BCUT2D eigenvalue weighted by molar-refractivity contribution is 0.200. The van der Waals surface area contributed by atoms with Gasteiger partial charge in [0.05, 0.1) is 0 Å². The molecular formula is C9H19N3O. The van der Waals surface area contributed by atoms with E-state index in [0.29, 0.717) is 6.04 Å². The summed E-state index contributed by atoms with van der Waals surface area (Å²) in [5.74, 6) is 0. The van der Waals surface area contributed by atoms with Crippen LogP contribution in [0.5, 0.6) is 0 Å². The van der Waals surface area contributed by atoms with Gasteiger partial charge in [0.15, 0.2) is 0 Å². The number of urea groups is 1. The van der Waals surface area contributed by atoms with Crippen molar-refractivity contribution in [2.45, 2.75) is 26.3 Å². The van der Waals surface area contributed by atoms with Crippen LogP contribution in [0.2, 0.25) is 0 Å². The van der Waals surface area contributed by atoms with Crippen molar-refractivity contribution in [2.24, 2.45) is 0 Å². The van der Waals surface area contributed by atoms with Gasteiger partial charge in [-0.3, -0.25) is 0 Å². The molecule has 76 valence electrons. The molecule has 0 radical (unpaired) electrons. The van der Waals surface area contributed by atoms with Gasteiger partial charge in [-0.1, -0.05) is 0 Å². The minimum atomic E-state index is 0.0682. The Hall–Kier alpha value is -0.770. The Balaban J connectivity index is 2.29. The Kier molecular flexibility index (Phi) is 4.02. The maximum Gasteiger partial charge on any atom is 0.317 e. The lowest BCUT2D eigenvalue weighted by Gasteiger charge is -2.21. The molecule has 4 heteroatoms. The number of rotatable bonds is 3. The Morgan fingerprint density at radius 3 is 2.69 bits per heavy atom. The highest BCUT2D eigenvalue weighted by Crippen LogP contribution is 1.98. The van der Waals surface area contributed by atoms with Crippen LogP contribution in [-0.2, 0) is 0 Å². The molecule has 1 fully saturated rings. The number of carbonyl (C=O) groups is 1. The Bertz CT molecular complexity index is 162. The van der Waals surface area contributed by atoms with Crippen molar-refractivity contribution in [2.75, 3.05) is 26.2 Å². The standard InChI is InChI=1S/C9H19N3O/c1-3-12(4-2)9(13)11-8-5-6-10-7-8/h8,10H,3-7H2,1-2H3,(H,11,13)/t8-/m1/s1. The normalized spacial score (nSPS) is 21.5. The van der Waals surface area contributed by atoms with Crippen LogP contribution in [0.15, 0.2) is 0 Å². The molecule has 4 nitrogen and oxygen atoms in total. The molecule has 1 heterocycles. The first-order valence-electron chi connectivity index (χ1n) is 5.04. The Morgan fingerprint density at radius 1 is 1.54 bits per heavy atom. The van der Waals surface area contributed by atoms with Crippen molar-refractivity contribution in [1.29, 1.82) is 0 Å². The number of carbonyl (C=O) groups excluding carboxylic acids is 1. The van der Waals surface area contributed by atoms with Gasteiger partial charge < -0.3 is 15.5 Å². The van der Waals surface area contributed by atoms with Crippen LogP contribution in [0.1, 0.15) is 20.3 Å². The molecule has 0 spiro atoms. The second-order valence-electron chi connectivity index (χ2n) is 3.31. The Labute approximate surface area is 79.7 Å². The summed E-state index contributed by atoms with van der Waals surface area (Å²) in [6.45, 7) is 7.48. The summed E-state index contributed by atoms with van der Waals surface area (Å²) < 4.78 is 0. The third kappa shape index (κ3) is 2.88.